The van der Waals surface area contributed by atoms with E-state index in [2.05, 4.69) is 5.32 Å². The second-order valence-electron chi connectivity index (χ2n) is 5.25. The van der Waals surface area contributed by atoms with E-state index in [9.17, 15) is 19.5 Å². The normalized spacial score (nSPS) is 17.2. The highest BCUT2D eigenvalue weighted by Crippen LogP contribution is 2.30. The fourth-order valence-electron chi connectivity index (χ4n) is 2.27. The molecular formula is C14H18N2O5. The van der Waals surface area contributed by atoms with Crippen molar-refractivity contribution in [3.05, 3.63) is 34.2 Å². The van der Waals surface area contributed by atoms with Gasteiger partial charge in [0.1, 0.15) is 0 Å². The van der Waals surface area contributed by atoms with Crippen molar-refractivity contribution in [3.8, 4) is 0 Å². The molecule has 2 N–H and O–H groups in total. The molecule has 7 nitrogen and oxygen atoms in total. The maximum Gasteiger partial charge on any atom is 0.311 e. The van der Waals surface area contributed by atoms with Gasteiger partial charge in [-0.3, -0.25) is 14.4 Å². The van der Waals surface area contributed by atoms with Crippen molar-refractivity contribution in [1.29, 1.82) is 0 Å². The lowest BCUT2D eigenvalue weighted by atomic mass is 9.80. The molecule has 0 spiro atoms. The van der Waals surface area contributed by atoms with Crippen molar-refractivity contribution in [2.45, 2.75) is 12.8 Å². The van der Waals surface area contributed by atoms with Gasteiger partial charge in [0.15, 0.2) is 0 Å². The third-order valence-corrected chi connectivity index (χ3v) is 3.86. The lowest BCUT2D eigenvalue weighted by molar-refractivity contribution is -0.154. The van der Waals surface area contributed by atoms with Crippen LogP contribution in [-0.4, -0.2) is 41.3 Å². The molecule has 2 rings (SSSR count). The number of ether oxygens (including phenoxy) is 1. The summed E-state index contributed by atoms with van der Waals surface area (Å²) < 4.78 is 6.53. The van der Waals surface area contributed by atoms with Crippen LogP contribution >= 0.6 is 0 Å². The Kier molecular flexibility index (Phi) is 4.42. The summed E-state index contributed by atoms with van der Waals surface area (Å²) in [4.78, 5) is 35.0. The fraction of sp³-hybridized carbons (Fsp3) is 0.500. The van der Waals surface area contributed by atoms with Gasteiger partial charge >= 0.3 is 5.97 Å². The molecule has 2 heterocycles. The van der Waals surface area contributed by atoms with Crippen LogP contribution in [0.2, 0.25) is 0 Å². The highest BCUT2D eigenvalue weighted by atomic mass is 16.5. The summed E-state index contributed by atoms with van der Waals surface area (Å²) in [5, 5.41) is 12.0. The van der Waals surface area contributed by atoms with Crippen molar-refractivity contribution < 1.29 is 19.4 Å². The van der Waals surface area contributed by atoms with Gasteiger partial charge in [-0.05, 0) is 18.9 Å². The van der Waals surface area contributed by atoms with Gasteiger partial charge in [-0.1, -0.05) is 0 Å². The van der Waals surface area contributed by atoms with Crippen molar-refractivity contribution in [1.82, 2.24) is 9.88 Å². The molecule has 1 aliphatic rings. The highest BCUT2D eigenvalue weighted by Gasteiger charge is 2.40. The van der Waals surface area contributed by atoms with Gasteiger partial charge in [0, 0.05) is 44.6 Å². The molecule has 0 saturated carbocycles. The standard InChI is InChI=1S/C14H18N2O5/c1-16-5-2-10(8-11(16)17)12(18)15-9-14(13(19)20)3-6-21-7-4-14/h2,5,8H,3-4,6-7,9H2,1H3,(H,15,18)(H,19,20). The number of rotatable bonds is 4. The molecule has 1 aromatic heterocycles. The Bertz CT molecular complexity index is 602. The number of carbonyl (C=O) groups excluding carboxylic acids is 1. The topological polar surface area (TPSA) is 97.6 Å². The monoisotopic (exact) mass is 294 g/mol. The fourth-order valence-corrected chi connectivity index (χ4v) is 2.27. The maximum atomic E-state index is 12.0. The second-order valence-corrected chi connectivity index (χ2v) is 5.25. The molecule has 7 heteroatoms. The number of carboxylic acids is 1. The van der Waals surface area contributed by atoms with Crippen LogP contribution in [0.1, 0.15) is 23.2 Å². The molecule has 0 aromatic carbocycles. The first-order valence-electron chi connectivity index (χ1n) is 6.71. The van der Waals surface area contributed by atoms with Gasteiger partial charge in [-0.2, -0.15) is 0 Å². The van der Waals surface area contributed by atoms with E-state index in [0.29, 0.717) is 26.1 Å². The third-order valence-electron chi connectivity index (χ3n) is 3.86. The van der Waals surface area contributed by atoms with E-state index < -0.39 is 17.3 Å². The van der Waals surface area contributed by atoms with E-state index in [1.165, 1.54) is 22.9 Å². The number of pyridine rings is 1. The van der Waals surface area contributed by atoms with Crippen LogP contribution in [0.3, 0.4) is 0 Å². The van der Waals surface area contributed by atoms with Gasteiger partial charge in [0.2, 0.25) is 0 Å². The lowest BCUT2D eigenvalue weighted by Crippen LogP contribution is -2.46. The summed E-state index contributed by atoms with van der Waals surface area (Å²) in [6, 6.07) is 2.75. The first-order valence-corrected chi connectivity index (χ1v) is 6.71. The Morgan fingerprint density at radius 3 is 2.67 bits per heavy atom. The summed E-state index contributed by atoms with van der Waals surface area (Å²) in [6.45, 7) is 0.766. The average molecular weight is 294 g/mol. The zero-order valence-corrected chi connectivity index (χ0v) is 11.8. The Hall–Kier alpha value is -2.15. The zero-order valence-electron chi connectivity index (χ0n) is 11.8. The predicted octanol–water partition coefficient (Wildman–Crippen LogP) is -0.00350. The van der Waals surface area contributed by atoms with Crippen LogP contribution < -0.4 is 10.9 Å². The Morgan fingerprint density at radius 2 is 2.10 bits per heavy atom. The van der Waals surface area contributed by atoms with Crippen LogP contribution in [0.5, 0.6) is 0 Å². The largest absolute Gasteiger partial charge is 0.481 e. The summed E-state index contributed by atoms with van der Waals surface area (Å²) in [5.41, 5.74) is -1.06. The summed E-state index contributed by atoms with van der Waals surface area (Å²) in [6.07, 6.45) is 2.22. The summed E-state index contributed by atoms with van der Waals surface area (Å²) >= 11 is 0. The third kappa shape index (κ3) is 3.30. The number of carboxylic acid groups (broad SMARTS) is 1. The Labute approximate surface area is 121 Å². The van der Waals surface area contributed by atoms with Gasteiger partial charge in [-0.25, -0.2) is 0 Å². The van der Waals surface area contributed by atoms with E-state index in [0.717, 1.165) is 0 Å². The molecule has 1 saturated heterocycles. The lowest BCUT2D eigenvalue weighted by Gasteiger charge is -2.33. The smallest absolute Gasteiger partial charge is 0.311 e. The van der Waals surface area contributed by atoms with Gasteiger partial charge in [0.05, 0.1) is 5.41 Å². The molecule has 0 radical (unpaired) electrons. The van der Waals surface area contributed by atoms with Crippen molar-refractivity contribution in [2.75, 3.05) is 19.8 Å². The molecule has 21 heavy (non-hydrogen) atoms. The van der Waals surface area contributed by atoms with Crippen LogP contribution in [0.25, 0.3) is 0 Å². The molecule has 1 fully saturated rings. The SMILES string of the molecule is Cn1ccc(C(=O)NCC2(C(=O)O)CCOCC2)cc1=O. The van der Waals surface area contributed by atoms with Gasteiger partial charge in [-0.15, -0.1) is 0 Å². The van der Waals surface area contributed by atoms with E-state index in [4.69, 9.17) is 4.74 Å². The van der Waals surface area contributed by atoms with E-state index in [-0.39, 0.29) is 17.7 Å². The molecule has 1 aromatic rings. The van der Waals surface area contributed by atoms with Gasteiger partial charge in [0.25, 0.3) is 11.5 Å². The predicted molar refractivity (Wildman–Crippen MR) is 74.1 cm³/mol. The van der Waals surface area contributed by atoms with E-state index in [1.807, 2.05) is 0 Å². The molecule has 0 aliphatic carbocycles. The number of aryl methyl sites for hydroxylation is 1. The molecule has 0 unspecified atom stereocenters. The van der Waals surface area contributed by atoms with Crippen LogP contribution in [0, 0.1) is 5.41 Å². The zero-order chi connectivity index (χ0) is 15.5. The Morgan fingerprint density at radius 1 is 1.43 bits per heavy atom. The minimum absolute atomic E-state index is 0.0275. The Balaban J connectivity index is 2.06. The quantitative estimate of drug-likeness (QED) is 0.814. The minimum atomic E-state index is -0.992. The average Bonchev–Trinajstić information content (AvgIpc) is 2.48. The van der Waals surface area contributed by atoms with E-state index >= 15 is 0 Å². The van der Waals surface area contributed by atoms with Gasteiger partial charge < -0.3 is 19.7 Å². The number of amides is 1. The number of hydrogen-bond acceptors (Lipinski definition) is 4. The number of hydrogen-bond donors (Lipinski definition) is 2. The number of nitrogens with zero attached hydrogens (tertiary/aromatic N) is 1. The molecule has 0 atom stereocenters. The van der Waals surface area contributed by atoms with Crippen LogP contribution in [0.4, 0.5) is 0 Å². The van der Waals surface area contributed by atoms with Crippen molar-refractivity contribution in [3.63, 3.8) is 0 Å². The molecule has 1 amide bonds. The number of nitrogens with one attached hydrogen (secondary N) is 1. The summed E-state index contributed by atoms with van der Waals surface area (Å²) in [7, 11) is 1.59. The van der Waals surface area contributed by atoms with E-state index in [1.54, 1.807) is 7.05 Å². The number of aromatic nitrogens is 1. The number of aliphatic carboxylic acids is 1. The molecule has 114 valence electrons. The first-order chi connectivity index (χ1) is 9.94. The second kappa shape index (κ2) is 6.09. The highest BCUT2D eigenvalue weighted by molar-refractivity contribution is 5.94. The maximum absolute atomic E-state index is 12.0. The van der Waals surface area contributed by atoms with Crippen molar-refractivity contribution >= 4 is 11.9 Å². The van der Waals surface area contributed by atoms with Crippen LogP contribution in [0.15, 0.2) is 23.1 Å². The summed E-state index contributed by atoms with van der Waals surface area (Å²) in [5.74, 6) is -1.38. The molecule has 0 bridgehead atoms. The number of carbonyl (C=O) groups is 2. The van der Waals surface area contributed by atoms with Crippen molar-refractivity contribution in [2.24, 2.45) is 12.5 Å². The minimum Gasteiger partial charge on any atom is -0.481 e. The molecular weight excluding hydrogens is 276 g/mol. The first kappa shape index (κ1) is 15.2. The van der Waals surface area contributed by atoms with Crippen LogP contribution in [-0.2, 0) is 16.6 Å². The molecule has 1 aliphatic heterocycles.